The summed E-state index contributed by atoms with van der Waals surface area (Å²) in [5.74, 6) is 0.792. The number of ether oxygens (including phenoxy) is 2. The summed E-state index contributed by atoms with van der Waals surface area (Å²) in [6.07, 6.45) is 2.57. The largest absolute Gasteiger partial charge is 0.466 e. The molecule has 0 unspecified atom stereocenters. The molecule has 4 nitrogen and oxygen atoms in total. The third kappa shape index (κ3) is 12.0. The lowest BCUT2D eigenvalue weighted by molar-refractivity contribution is -0.144. The monoisotopic (exact) mass is 286 g/mol. The summed E-state index contributed by atoms with van der Waals surface area (Å²) in [6.45, 7) is 11.0. The summed E-state index contributed by atoms with van der Waals surface area (Å²) < 4.78 is 10.3. The van der Waals surface area contributed by atoms with Gasteiger partial charge in [0.15, 0.2) is 0 Å². The maximum Gasteiger partial charge on any atom is 0.306 e. The van der Waals surface area contributed by atoms with Gasteiger partial charge in [-0.1, -0.05) is 34.6 Å². The molecular formula is C16H30O4. The fraction of sp³-hybridized carbons (Fsp3) is 0.875. The van der Waals surface area contributed by atoms with E-state index in [0.717, 1.165) is 12.8 Å². The Balaban J connectivity index is 3.57. The highest BCUT2D eigenvalue weighted by atomic mass is 16.5. The van der Waals surface area contributed by atoms with Gasteiger partial charge in [0.1, 0.15) is 0 Å². The fourth-order valence-electron chi connectivity index (χ4n) is 1.68. The summed E-state index contributed by atoms with van der Waals surface area (Å²) >= 11 is 0. The van der Waals surface area contributed by atoms with Crippen LogP contribution in [0.1, 0.15) is 60.3 Å². The second-order valence-electron chi connectivity index (χ2n) is 6.32. The molecular weight excluding hydrogens is 256 g/mol. The molecule has 0 N–H and O–H groups in total. The van der Waals surface area contributed by atoms with Gasteiger partial charge in [0.05, 0.1) is 13.2 Å². The molecule has 0 atom stereocenters. The minimum Gasteiger partial charge on any atom is -0.466 e. The number of hydrogen-bond acceptors (Lipinski definition) is 4. The number of hydrogen-bond donors (Lipinski definition) is 0. The second-order valence-corrected chi connectivity index (χ2v) is 6.32. The van der Waals surface area contributed by atoms with E-state index in [4.69, 9.17) is 9.47 Å². The van der Waals surface area contributed by atoms with Crippen LogP contribution in [0.3, 0.4) is 0 Å². The molecule has 0 radical (unpaired) electrons. The van der Waals surface area contributed by atoms with Crippen LogP contribution >= 0.6 is 0 Å². The van der Waals surface area contributed by atoms with Crippen LogP contribution in [0.2, 0.25) is 0 Å². The van der Waals surface area contributed by atoms with Gasteiger partial charge in [0, 0.05) is 12.8 Å². The van der Waals surface area contributed by atoms with E-state index >= 15 is 0 Å². The van der Waals surface area contributed by atoms with Crippen molar-refractivity contribution in [3.63, 3.8) is 0 Å². The van der Waals surface area contributed by atoms with Gasteiger partial charge >= 0.3 is 11.9 Å². The highest BCUT2D eigenvalue weighted by Gasteiger charge is 2.10. The highest BCUT2D eigenvalue weighted by molar-refractivity contribution is 5.69. The molecule has 4 heteroatoms. The summed E-state index contributed by atoms with van der Waals surface area (Å²) in [5.41, 5.74) is 0. The zero-order chi connectivity index (χ0) is 15.5. The molecule has 0 aliphatic heterocycles. The Morgan fingerprint density at radius 1 is 0.750 bits per heavy atom. The molecule has 0 aromatic carbocycles. The van der Waals surface area contributed by atoms with E-state index in [0.29, 0.717) is 43.8 Å². The normalized spacial score (nSPS) is 11.2. The molecule has 0 saturated carbocycles. The highest BCUT2D eigenvalue weighted by Crippen LogP contribution is 2.10. The molecule has 0 saturated heterocycles. The quantitative estimate of drug-likeness (QED) is 0.576. The molecule has 0 bridgehead atoms. The average Bonchev–Trinajstić information content (AvgIpc) is 2.26. The van der Waals surface area contributed by atoms with Crippen LogP contribution in [-0.2, 0) is 19.1 Å². The molecule has 0 spiro atoms. The summed E-state index contributed by atoms with van der Waals surface area (Å²) in [5, 5.41) is 0. The summed E-state index contributed by atoms with van der Waals surface area (Å²) in [7, 11) is 0. The minimum absolute atomic E-state index is 0.129. The molecule has 0 aromatic rings. The lowest BCUT2D eigenvalue weighted by Crippen LogP contribution is -2.13. The average molecular weight is 286 g/mol. The van der Waals surface area contributed by atoms with E-state index in [9.17, 15) is 9.59 Å². The third-order valence-corrected chi connectivity index (χ3v) is 2.90. The second kappa shape index (κ2) is 10.7. The SMILES string of the molecule is CC(C)CC(=O)OCCC(C)CCOC(=O)CC(C)C. The maximum absolute atomic E-state index is 11.3. The van der Waals surface area contributed by atoms with Crippen LogP contribution < -0.4 is 0 Å². The molecule has 0 amide bonds. The van der Waals surface area contributed by atoms with E-state index < -0.39 is 0 Å². The van der Waals surface area contributed by atoms with Crippen LogP contribution in [0, 0.1) is 17.8 Å². The number of carbonyl (C=O) groups is 2. The smallest absolute Gasteiger partial charge is 0.306 e. The first-order chi connectivity index (χ1) is 9.31. The molecule has 0 fully saturated rings. The number of rotatable bonds is 10. The van der Waals surface area contributed by atoms with E-state index in [1.807, 2.05) is 27.7 Å². The zero-order valence-electron chi connectivity index (χ0n) is 13.6. The predicted octanol–water partition coefficient (Wildman–Crippen LogP) is 3.58. The van der Waals surface area contributed by atoms with Gasteiger partial charge in [0.2, 0.25) is 0 Å². The van der Waals surface area contributed by atoms with E-state index in [1.165, 1.54) is 0 Å². The van der Waals surface area contributed by atoms with Crippen molar-refractivity contribution in [2.75, 3.05) is 13.2 Å². The molecule has 0 aliphatic rings. The Bertz CT molecular complexity index is 256. The van der Waals surface area contributed by atoms with Gasteiger partial charge in [-0.2, -0.15) is 0 Å². The van der Waals surface area contributed by atoms with Crippen molar-refractivity contribution in [2.24, 2.45) is 17.8 Å². The molecule has 20 heavy (non-hydrogen) atoms. The zero-order valence-corrected chi connectivity index (χ0v) is 13.6. The first-order valence-corrected chi connectivity index (χ1v) is 7.62. The Kier molecular flexibility index (Phi) is 10.1. The summed E-state index contributed by atoms with van der Waals surface area (Å²) in [4.78, 5) is 22.7. The van der Waals surface area contributed by atoms with Crippen molar-refractivity contribution >= 4 is 11.9 Å². The Hall–Kier alpha value is -1.06. The van der Waals surface area contributed by atoms with Crippen LogP contribution in [0.25, 0.3) is 0 Å². The van der Waals surface area contributed by atoms with Gasteiger partial charge in [-0.25, -0.2) is 0 Å². The van der Waals surface area contributed by atoms with Crippen molar-refractivity contribution in [2.45, 2.75) is 60.3 Å². The first-order valence-electron chi connectivity index (χ1n) is 7.62. The van der Waals surface area contributed by atoms with Crippen molar-refractivity contribution in [1.82, 2.24) is 0 Å². The van der Waals surface area contributed by atoms with Crippen molar-refractivity contribution in [3.8, 4) is 0 Å². The molecule has 118 valence electrons. The Morgan fingerprint density at radius 2 is 1.10 bits per heavy atom. The van der Waals surface area contributed by atoms with Gasteiger partial charge in [-0.3, -0.25) is 9.59 Å². The molecule has 0 aliphatic carbocycles. The predicted molar refractivity (Wildman–Crippen MR) is 79.2 cm³/mol. The standard InChI is InChI=1S/C16H30O4/c1-12(2)10-15(17)19-8-6-14(5)7-9-20-16(18)11-13(3)4/h12-14H,6-11H2,1-5H3. The van der Waals surface area contributed by atoms with Crippen molar-refractivity contribution < 1.29 is 19.1 Å². The van der Waals surface area contributed by atoms with E-state index in [1.54, 1.807) is 0 Å². The number of carbonyl (C=O) groups excluding carboxylic acids is 2. The van der Waals surface area contributed by atoms with Crippen LogP contribution in [0.15, 0.2) is 0 Å². The van der Waals surface area contributed by atoms with Gasteiger partial charge in [-0.15, -0.1) is 0 Å². The first kappa shape index (κ1) is 18.9. The molecule has 0 rings (SSSR count). The maximum atomic E-state index is 11.3. The van der Waals surface area contributed by atoms with Gasteiger partial charge < -0.3 is 9.47 Å². The Labute approximate surface area is 123 Å². The molecule has 0 aromatic heterocycles. The van der Waals surface area contributed by atoms with Gasteiger partial charge in [-0.05, 0) is 30.6 Å². The third-order valence-electron chi connectivity index (χ3n) is 2.90. The number of esters is 2. The fourth-order valence-corrected chi connectivity index (χ4v) is 1.68. The topological polar surface area (TPSA) is 52.6 Å². The van der Waals surface area contributed by atoms with Crippen molar-refractivity contribution in [3.05, 3.63) is 0 Å². The van der Waals surface area contributed by atoms with E-state index in [-0.39, 0.29) is 11.9 Å². The lowest BCUT2D eigenvalue weighted by atomic mass is 10.1. The minimum atomic E-state index is -0.129. The van der Waals surface area contributed by atoms with Crippen LogP contribution in [0.4, 0.5) is 0 Å². The van der Waals surface area contributed by atoms with Gasteiger partial charge in [0.25, 0.3) is 0 Å². The van der Waals surface area contributed by atoms with E-state index in [2.05, 4.69) is 6.92 Å². The van der Waals surface area contributed by atoms with Crippen molar-refractivity contribution in [1.29, 1.82) is 0 Å². The lowest BCUT2D eigenvalue weighted by Gasteiger charge is -2.13. The molecule has 0 heterocycles. The summed E-state index contributed by atoms with van der Waals surface area (Å²) in [6, 6.07) is 0. The Morgan fingerprint density at radius 3 is 1.40 bits per heavy atom. The van der Waals surface area contributed by atoms with Crippen LogP contribution in [0.5, 0.6) is 0 Å². The van der Waals surface area contributed by atoms with Crippen LogP contribution in [-0.4, -0.2) is 25.2 Å².